The molecule has 1 aliphatic heterocycles. The molecular formula is C29H47NO8S. The Morgan fingerprint density at radius 3 is 1.69 bits per heavy atom. The first-order valence-corrected chi connectivity index (χ1v) is 15.9. The van der Waals surface area contributed by atoms with Crippen LogP contribution >= 0.6 is 0 Å². The van der Waals surface area contributed by atoms with Gasteiger partial charge >= 0.3 is 0 Å². The first-order valence-electron chi connectivity index (χ1n) is 14.4. The van der Waals surface area contributed by atoms with E-state index >= 15 is 0 Å². The van der Waals surface area contributed by atoms with Gasteiger partial charge in [0, 0.05) is 32.1 Å². The van der Waals surface area contributed by atoms with Gasteiger partial charge < -0.3 is 19.9 Å². The molecule has 2 rings (SSSR count). The van der Waals surface area contributed by atoms with Gasteiger partial charge in [-0.25, -0.2) is 0 Å². The van der Waals surface area contributed by atoms with Crippen molar-refractivity contribution < 1.29 is 36.8 Å². The smallest absolute Gasteiger partial charge is 0.294 e. The predicted molar refractivity (Wildman–Crippen MR) is 149 cm³/mol. The van der Waals surface area contributed by atoms with Crippen molar-refractivity contribution in [1.82, 2.24) is 0 Å². The highest BCUT2D eigenvalue weighted by Crippen LogP contribution is 2.15. The van der Waals surface area contributed by atoms with Crippen molar-refractivity contribution in [2.24, 2.45) is 5.73 Å². The molecule has 0 amide bonds. The molecule has 222 valence electrons. The maximum absolute atomic E-state index is 12.9. The van der Waals surface area contributed by atoms with E-state index in [1.807, 2.05) is 0 Å². The van der Waals surface area contributed by atoms with Crippen LogP contribution in [0.4, 0.5) is 0 Å². The zero-order valence-corrected chi connectivity index (χ0v) is 24.0. The van der Waals surface area contributed by atoms with Crippen molar-refractivity contribution in [3.63, 3.8) is 0 Å². The van der Waals surface area contributed by atoms with E-state index in [2.05, 4.69) is 0 Å². The average Bonchev–Trinajstić information content (AvgIpc) is 2.90. The van der Waals surface area contributed by atoms with E-state index in [-0.39, 0.29) is 49.1 Å². The van der Waals surface area contributed by atoms with Crippen LogP contribution in [0.5, 0.6) is 0 Å². The first kappa shape index (κ1) is 33.5. The molecule has 1 saturated heterocycles. The van der Waals surface area contributed by atoms with Gasteiger partial charge in [-0.1, -0.05) is 63.5 Å². The fourth-order valence-corrected chi connectivity index (χ4v) is 5.02. The molecule has 9 nitrogen and oxygen atoms in total. The van der Waals surface area contributed by atoms with Gasteiger partial charge in [0.1, 0.15) is 0 Å². The van der Waals surface area contributed by atoms with Crippen LogP contribution in [-0.2, 0) is 40.5 Å². The minimum absolute atomic E-state index is 0.0550. The lowest BCUT2D eigenvalue weighted by Crippen LogP contribution is -2.34. The minimum atomic E-state index is -4.30. The molecule has 0 spiro atoms. The average molecular weight is 570 g/mol. The molecule has 0 atom stereocenters. The van der Waals surface area contributed by atoms with Crippen LogP contribution < -0.4 is 5.73 Å². The van der Waals surface area contributed by atoms with Gasteiger partial charge in [0.25, 0.3) is 10.1 Å². The summed E-state index contributed by atoms with van der Waals surface area (Å²) in [6, 6.07) is 5.73. The molecule has 1 aromatic carbocycles. The Morgan fingerprint density at radius 2 is 1.21 bits per heavy atom. The van der Waals surface area contributed by atoms with Gasteiger partial charge in [-0.2, -0.15) is 8.42 Å². The molecular weight excluding hydrogens is 522 g/mol. The summed E-state index contributed by atoms with van der Waals surface area (Å²) < 4.78 is 48.6. The van der Waals surface area contributed by atoms with Gasteiger partial charge in [-0.3, -0.25) is 14.1 Å². The van der Waals surface area contributed by atoms with E-state index in [9.17, 15) is 18.0 Å². The lowest BCUT2D eigenvalue weighted by Gasteiger charge is -2.16. The molecule has 0 saturated carbocycles. The van der Waals surface area contributed by atoms with Crippen molar-refractivity contribution in [2.75, 3.05) is 26.4 Å². The molecule has 1 fully saturated rings. The molecule has 3 N–H and O–H groups in total. The van der Waals surface area contributed by atoms with Gasteiger partial charge in [0.05, 0.1) is 24.7 Å². The number of carbonyl (C=O) groups excluding carboxylic acids is 2. The number of ketones is 2. The van der Waals surface area contributed by atoms with Gasteiger partial charge in [-0.05, 0) is 43.4 Å². The summed E-state index contributed by atoms with van der Waals surface area (Å²) in [5.41, 5.74) is 6.82. The summed E-state index contributed by atoms with van der Waals surface area (Å²) in [7, 11) is -4.30. The van der Waals surface area contributed by atoms with Crippen molar-refractivity contribution in [1.29, 1.82) is 0 Å². The van der Waals surface area contributed by atoms with Gasteiger partial charge in [0.2, 0.25) is 0 Å². The van der Waals surface area contributed by atoms with Gasteiger partial charge in [-0.15, -0.1) is 0 Å². The second kappa shape index (κ2) is 19.4. The maximum atomic E-state index is 12.9. The fraction of sp³-hybridized carbons (Fsp3) is 0.724. The largest absolute Gasteiger partial charge is 0.381 e. The van der Waals surface area contributed by atoms with E-state index in [0.717, 1.165) is 64.2 Å². The highest BCUT2D eigenvalue weighted by molar-refractivity contribution is 7.85. The van der Waals surface area contributed by atoms with Crippen molar-refractivity contribution in [2.45, 2.75) is 114 Å². The number of nitrogens with two attached hydrogens (primary N) is 1. The number of Topliss-reactive ketones (excluding diaryl/α,β-unsaturated/α-hetero) is 2. The molecule has 0 bridgehead atoms. The number of hydrogen-bond acceptors (Lipinski definition) is 8. The zero-order chi connectivity index (χ0) is 28.3. The number of hydrogen-bond donors (Lipinski definition) is 2. The fourth-order valence-electron chi connectivity index (χ4n) is 4.54. The summed E-state index contributed by atoms with van der Waals surface area (Å²) in [5.74, 6) is -0.694. The topological polar surface area (TPSA) is 142 Å². The van der Waals surface area contributed by atoms with Crippen molar-refractivity contribution in [3.8, 4) is 0 Å². The quantitative estimate of drug-likeness (QED) is 0.386. The number of carbonyl (C=O) groups is 2. The standard InChI is InChI=1S/C29H47NO8S/c30-25-11-7-3-1-5-9-19-36-21-17-27(31)29(28(32)18-22-37-20-10-6-2-4-8-12-25)38-23-24-13-15-26(16-14-24)39(33,34)35/h13-16,25,29H,1-12,17-23,30H2,(H,33,34,35). The van der Waals surface area contributed by atoms with E-state index in [0.29, 0.717) is 24.8 Å². The third-order valence-corrected chi connectivity index (χ3v) is 7.80. The molecule has 1 heterocycles. The molecule has 1 aromatic rings. The summed E-state index contributed by atoms with van der Waals surface area (Å²) in [4.78, 5) is 25.5. The molecule has 39 heavy (non-hydrogen) atoms. The SMILES string of the molecule is NC1CCCCCCCOCCC(=O)C(OCc2ccc(S(=O)(=O)O)cc2)C(=O)CCOCCCCCCC1. The Labute approximate surface area is 233 Å². The number of ether oxygens (including phenoxy) is 3. The van der Waals surface area contributed by atoms with Crippen LogP contribution in [0.15, 0.2) is 29.2 Å². The van der Waals surface area contributed by atoms with Crippen LogP contribution in [0.2, 0.25) is 0 Å². The van der Waals surface area contributed by atoms with Crippen molar-refractivity contribution in [3.05, 3.63) is 29.8 Å². The molecule has 1 aliphatic rings. The summed E-state index contributed by atoms with van der Waals surface area (Å²) in [6.07, 6.45) is 12.0. The highest BCUT2D eigenvalue weighted by Gasteiger charge is 2.27. The lowest BCUT2D eigenvalue weighted by atomic mass is 10.0. The van der Waals surface area contributed by atoms with E-state index in [1.54, 1.807) is 0 Å². The summed E-state index contributed by atoms with van der Waals surface area (Å²) in [6.45, 7) is 1.53. The Bertz CT molecular complexity index is 899. The molecule has 0 unspecified atom stereocenters. The minimum Gasteiger partial charge on any atom is -0.381 e. The van der Waals surface area contributed by atoms with E-state index in [4.69, 9.17) is 24.5 Å². The van der Waals surface area contributed by atoms with Crippen LogP contribution in [0.25, 0.3) is 0 Å². The Balaban J connectivity index is 1.88. The highest BCUT2D eigenvalue weighted by atomic mass is 32.2. The molecule has 10 heteroatoms. The van der Waals surface area contributed by atoms with Crippen molar-refractivity contribution >= 4 is 21.7 Å². The number of benzene rings is 1. The van der Waals surface area contributed by atoms with E-state index in [1.165, 1.54) is 37.1 Å². The van der Waals surface area contributed by atoms with Crippen LogP contribution in [0.1, 0.15) is 95.5 Å². The Hall–Kier alpha value is -1.69. The van der Waals surface area contributed by atoms with Gasteiger partial charge in [0.15, 0.2) is 17.7 Å². The number of rotatable bonds is 4. The zero-order valence-electron chi connectivity index (χ0n) is 23.2. The predicted octanol–water partition coefficient (Wildman–Crippen LogP) is 4.79. The first-order chi connectivity index (χ1) is 18.8. The molecule has 0 radical (unpaired) electrons. The molecule has 0 aromatic heterocycles. The van der Waals surface area contributed by atoms with Crippen LogP contribution in [0.3, 0.4) is 0 Å². The molecule has 0 aliphatic carbocycles. The lowest BCUT2D eigenvalue weighted by molar-refractivity contribution is -0.144. The van der Waals surface area contributed by atoms with Crippen LogP contribution in [-0.4, -0.2) is 63.1 Å². The second-order valence-electron chi connectivity index (χ2n) is 10.3. The second-order valence-corrected chi connectivity index (χ2v) is 11.8. The van der Waals surface area contributed by atoms with Crippen LogP contribution in [0, 0.1) is 0 Å². The Morgan fingerprint density at radius 1 is 0.744 bits per heavy atom. The Kier molecular flexibility index (Phi) is 16.7. The van der Waals surface area contributed by atoms with E-state index < -0.39 is 16.2 Å². The normalized spacial score (nSPS) is 23.6. The summed E-state index contributed by atoms with van der Waals surface area (Å²) >= 11 is 0. The monoisotopic (exact) mass is 569 g/mol. The third kappa shape index (κ3) is 15.0. The summed E-state index contributed by atoms with van der Waals surface area (Å²) in [5, 5.41) is 0. The maximum Gasteiger partial charge on any atom is 0.294 e. The third-order valence-electron chi connectivity index (χ3n) is 6.94.